The standard InChI is InChI=1S/C28H27F11N6O3/c1-45-22-19(9-16(24(44-22)48-12-20(29)30)23(47)41-15-5-3-14(4-6-15)27(34,35)36)43-25(45)42-18-8-13(2-7-17(18)28(37,38)39)11-40-21(46)10-26(31,32)33/h2,7-9,14-15,20H,3-6,10-12H2,1H3,(H,40,46)(H,41,47)(H,42,43). The molecule has 1 saturated carbocycles. The van der Waals surface area contributed by atoms with E-state index in [1.165, 1.54) is 7.05 Å². The number of anilines is 2. The van der Waals surface area contributed by atoms with Crippen LogP contribution in [-0.2, 0) is 24.6 Å². The van der Waals surface area contributed by atoms with Crippen molar-refractivity contribution >= 4 is 34.6 Å². The van der Waals surface area contributed by atoms with Crippen molar-refractivity contribution in [1.82, 2.24) is 25.2 Å². The first-order chi connectivity index (χ1) is 22.2. The third kappa shape index (κ3) is 9.36. The van der Waals surface area contributed by atoms with Crippen molar-refractivity contribution in [2.24, 2.45) is 13.0 Å². The van der Waals surface area contributed by atoms with Gasteiger partial charge in [0.25, 0.3) is 12.3 Å². The predicted molar refractivity (Wildman–Crippen MR) is 147 cm³/mol. The molecule has 2 amide bonds. The van der Waals surface area contributed by atoms with Gasteiger partial charge < -0.3 is 20.7 Å². The Hall–Kier alpha value is -4.39. The summed E-state index contributed by atoms with van der Waals surface area (Å²) in [6.45, 7) is -1.74. The largest absolute Gasteiger partial charge is 0.471 e. The Morgan fingerprint density at radius 1 is 0.979 bits per heavy atom. The van der Waals surface area contributed by atoms with Gasteiger partial charge in [-0.25, -0.2) is 13.8 Å². The Kier molecular flexibility index (Phi) is 10.6. The quantitative estimate of drug-likeness (QED) is 0.201. The van der Waals surface area contributed by atoms with Gasteiger partial charge in [-0.15, -0.1) is 0 Å². The summed E-state index contributed by atoms with van der Waals surface area (Å²) in [5.74, 6) is -4.74. The van der Waals surface area contributed by atoms with Crippen LogP contribution in [0.5, 0.6) is 5.88 Å². The summed E-state index contributed by atoms with van der Waals surface area (Å²) in [6, 6.07) is 2.90. The van der Waals surface area contributed by atoms with Crippen molar-refractivity contribution in [2.45, 2.75) is 69.6 Å². The van der Waals surface area contributed by atoms with E-state index in [-0.39, 0.29) is 48.4 Å². The third-order valence-electron chi connectivity index (χ3n) is 7.41. The Labute approximate surface area is 264 Å². The van der Waals surface area contributed by atoms with Gasteiger partial charge in [0, 0.05) is 19.6 Å². The first-order valence-corrected chi connectivity index (χ1v) is 14.2. The molecule has 3 N–H and O–H groups in total. The van der Waals surface area contributed by atoms with E-state index in [1.54, 1.807) is 0 Å². The number of ether oxygens (including phenoxy) is 1. The molecule has 0 radical (unpaired) electrons. The molecule has 264 valence electrons. The molecule has 1 aliphatic rings. The average Bonchev–Trinajstić information content (AvgIpc) is 3.26. The topological polar surface area (TPSA) is 110 Å². The van der Waals surface area contributed by atoms with Gasteiger partial charge >= 0.3 is 18.5 Å². The number of halogens is 11. The van der Waals surface area contributed by atoms with Gasteiger partial charge in [0.05, 0.1) is 17.2 Å². The van der Waals surface area contributed by atoms with Gasteiger partial charge in [-0.2, -0.15) is 44.5 Å². The van der Waals surface area contributed by atoms with E-state index in [0.717, 1.165) is 22.8 Å². The van der Waals surface area contributed by atoms with E-state index < -0.39 is 91.0 Å². The van der Waals surface area contributed by atoms with E-state index in [1.807, 2.05) is 5.32 Å². The number of hydrogen-bond donors (Lipinski definition) is 3. The van der Waals surface area contributed by atoms with Gasteiger partial charge in [-0.1, -0.05) is 6.07 Å². The lowest BCUT2D eigenvalue weighted by atomic mass is 9.85. The number of fused-ring (bicyclic) bond motifs is 1. The molecular weight excluding hydrogens is 677 g/mol. The van der Waals surface area contributed by atoms with Crippen LogP contribution >= 0.6 is 0 Å². The molecule has 2 heterocycles. The van der Waals surface area contributed by atoms with E-state index in [2.05, 4.69) is 20.6 Å². The molecular formula is C28H27F11N6O3. The van der Waals surface area contributed by atoms with Gasteiger partial charge in [0.2, 0.25) is 17.7 Å². The first-order valence-electron chi connectivity index (χ1n) is 14.2. The molecule has 48 heavy (non-hydrogen) atoms. The molecule has 4 rings (SSSR count). The summed E-state index contributed by atoms with van der Waals surface area (Å²) in [5, 5.41) is 6.96. The highest BCUT2D eigenvalue weighted by Crippen LogP contribution is 2.39. The Morgan fingerprint density at radius 2 is 1.65 bits per heavy atom. The number of aryl methyl sites for hydroxylation is 1. The molecule has 0 unspecified atom stereocenters. The number of rotatable bonds is 10. The fraction of sp³-hybridized carbons (Fsp3) is 0.500. The van der Waals surface area contributed by atoms with Crippen LogP contribution in [0.1, 0.15) is 53.6 Å². The van der Waals surface area contributed by atoms with E-state index >= 15 is 0 Å². The normalized spacial score (nSPS) is 17.4. The lowest BCUT2D eigenvalue weighted by Crippen LogP contribution is -2.40. The highest BCUT2D eigenvalue weighted by atomic mass is 19.4. The SMILES string of the molecule is Cn1c(Nc2cc(CNC(=O)CC(F)(F)F)ccc2C(F)(F)F)nc2cc(C(=O)NC3CCC(C(F)(F)F)CC3)c(OCC(F)F)nc21. The van der Waals surface area contributed by atoms with Crippen molar-refractivity contribution in [3.8, 4) is 5.88 Å². The third-order valence-corrected chi connectivity index (χ3v) is 7.41. The van der Waals surface area contributed by atoms with Crippen LogP contribution in [-0.4, -0.2) is 57.8 Å². The Bertz CT molecular complexity index is 1630. The summed E-state index contributed by atoms with van der Waals surface area (Å²) in [4.78, 5) is 32.9. The van der Waals surface area contributed by atoms with Crippen molar-refractivity contribution in [3.63, 3.8) is 0 Å². The minimum atomic E-state index is -4.93. The second-order valence-corrected chi connectivity index (χ2v) is 11.0. The lowest BCUT2D eigenvalue weighted by molar-refractivity contribution is -0.182. The van der Waals surface area contributed by atoms with Crippen molar-refractivity contribution in [1.29, 1.82) is 0 Å². The first kappa shape index (κ1) is 36.4. The minimum Gasteiger partial charge on any atom is -0.471 e. The molecule has 0 spiro atoms. The Balaban J connectivity index is 1.63. The summed E-state index contributed by atoms with van der Waals surface area (Å²) in [7, 11) is 1.29. The van der Waals surface area contributed by atoms with Crippen LogP contribution in [0.4, 0.5) is 59.9 Å². The maximum atomic E-state index is 13.9. The van der Waals surface area contributed by atoms with Crippen LogP contribution in [0.25, 0.3) is 11.2 Å². The number of nitrogens with zero attached hydrogens (tertiary/aromatic N) is 3. The molecule has 0 bridgehead atoms. The van der Waals surface area contributed by atoms with Gasteiger partial charge in [-0.3, -0.25) is 14.2 Å². The number of amides is 2. The fourth-order valence-corrected chi connectivity index (χ4v) is 5.07. The number of pyridine rings is 1. The molecule has 1 aliphatic carbocycles. The van der Waals surface area contributed by atoms with Crippen molar-refractivity contribution in [3.05, 3.63) is 41.0 Å². The van der Waals surface area contributed by atoms with Gasteiger partial charge in [0.1, 0.15) is 17.5 Å². The van der Waals surface area contributed by atoms with Crippen LogP contribution in [0, 0.1) is 5.92 Å². The highest BCUT2D eigenvalue weighted by Gasteiger charge is 2.42. The number of benzene rings is 1. The maximum absolute atomic E-state index is 13.9. The predicted octanol–water partition coefficient (Wildman–Crippen LogP) is 6.79. The summed E-state index contributed by atoms with van der Waals surface area (Å²) >= 11 is 0. The second-order valence-electron chi connectivity index (χ2n) is 11.0. The molecule has 2 aromatic heterocycles. The molecule has 20 heteroatoms. The van der Waals surface area contributed by atoms with E-state index in [0.29, 0.717) is 6.07 Å². The smallest absolute Gasteiger partial charge is 0.418 e. The molecule has 1 aromatic carbocycles. The lowest BCUT2D eigenvalue weighted by Gasteiger charge is -2.30. The number of imidazole rings is 1. The number of carbonyl (C=O) groups excluding carboxylic acids is 2. The minimum absolute atomic E-state index is 0.0103. The van der Waals surface area contributed by atoms with E-state index in [4.69, 9.17) is 4.74 Å². The second kappa shape index (κ2) is 14.0. The summed E-state index contributed by atoms with van der Waals surface area (Å²) < 4.78 is 150. The average molecular weight is 705 g/mol. The van der Waals surface area contributed by atoms with Crippen molar-refractivity contribution in [2.75, 3.05) is 11.9 Å². The van der Waals surface area contributed by atoms with Crippen LogP contribution in [0.3, 0.4) is 0 Å². The molecule has 3 aromatic rings. The zero-order valence-electron chi connectivity index (χ0n) is 24.7. The zero-order valence-corrected chi connectivity index (χ0v) is 24.7. The number of carbonyl (C=O) groups is 2. The van der Waals surface area contributed by atoms with Crippen molar-refractivity contribution < 1.29 is 62.6 Å². The van der Waals surface area contributed by atoms with Gasteiger partial charge in [-0.05, 0) is 49.4 Å². The summed E-state index contributed by atoms with van der Waals surface area (Å²) in [5.41, 5.74) is -2.49. The molecule has 0 atom stereocenters. The zero-order chi connectivity index (χ0) is 35.6. The number of hydrogen-bond acceptors (Lipinski definition) is 6. The van der Waals surface area contributed by atoms with Crippen LogP contribution in [0.15, 0.2) is 24.3 Å². The molecule has 0 aliphatic heterocycles. The molecule has 1 fully saturated rings. The highest BCUT2D eigenvalue weighted by molar-refractivity contribution is 5.99. The molecule has 0 saturated heterocycles. The number of aromatic nitrogens is 3. The van der Waals surface area contributed by atoms with E-state index in [9.17, 15) is 57.9 Å². The Morgan fingerprint density at radius 3 is 2.23 bits per heavy atom. The summed E-state index contributed by atoms with van der Waals surface area (Å²) in [6.07, 6.45) is -19.4. The number of nitrogens with one attached hydrogen (secondary N) is 3. The van der Waals surface area contributed by atoms with Crippen LogP contribution in [0.2, 0.25) is 0 Å². The number of alkyl halides is 11. The van der Waals surface area contributed by atoms with Gasteiger partial charge in [0.15, 0.2) is 12.3 Å². The molecule has 9 nitrogen and oxygen atoms in total. The monoisotopic (exact) mass is 704 g/mol. The maximum Gasteiger partial charge on any atom is 0.418 e. The van der Waals surface area contributed by atoms with Crippen LogP contribution < -0.4 is 20.7 Å². The fourth-order valence-electron chi connectivity index (χ4n) is 5.07.